The van der Waals surface area contributed by atoms with E-state index in [9.17, 15) is 13.2 Å². The Bertz CT molecular complexity index is 1200. The summed E-state index contributed by atoms with van der Waals surface area (Å²) in [5.74, 6) is 0.476. The highest BCUT2D eigenvalue weighted by Crippen LogP contribution is 2.26. The topological polar surface area (TPSA) is 82.9 Å². The second kappa shape index (κ2) is 10.7. The monoisotopic (exact) mass is 479 g/mol. The van der Waals surface area contributed by atoms with E-state index in [-0.39, 0.29) is 29.0 Å². The first-order chi connectivity index (χ1) is 16.5. The number of para-hydroxylation sites is 1. The first-order valence-corrected chi connectivity index (χ1v) is 12.8. The van der Waals surface area contributed by atoms with Gasteiger partial charge in [-0.2, -0.15) is 0 Å². The molecule has 1 saturated heterocycles. The van der Waals surface area contributed by atoms with Crippen molar-refractivity contribution in [3.63, 3.8) is 0 Å². The predicted molar refractivity (Wildman–Crippen MR) is 132 cm³/mol. The second-order valence-electron chi connectivity index (χ2n) is 8.17. The fourth-order valence-electron chi connectivity index (χ4n) is 4.21. The van der Waals surface area contributed by atoms with E-state index in [1.54, 1.807) is 42.7 Å². The van der Waals surface area contributed by atoms with E-state index in [2.05, 4.69) is 16.8 Å². The van der Waals surface area contributed by atoms with Crippen molar-refractivity contribution >= 4 is 21.6 Å². The van der Waals surface area contributed by atoms with Gasteiger partial charge in [-0.15, -0.1) is 6.58 Å². The molecule has 1 N–H and O–H groups in total. The molecule has 1 aliphatic rings. The zero-order valence-corrected chi connectivity index (χ0v) is 19.8. The Morgan fingerprint density at radius 3 is 2.53 bits per heavy atom. The predicted octanol–water partition coefficient (Wildman–Crippen LogP) is 4.23. The van der Waals surface area contributed by atoms with Crippen LogP contribution in [0.1, 0.15) is 35.0 Å². The summed E-state index contributed by atoms with van der Waals surface area (Å²) < 4.78 is 33.7. The Kier molecular flexibility index (Phi) is 7.49. The zero-order valence-electron chi connectivity index (χ0n) is 19.0. The van der Waals surface area contributed by atoms with Gasteiger partial charge in [-0.05, 0) is 68.4 Å². The molecule has 0 radical (unpaired) electrons. The largest absolute Gasteiger partial charge is 0.468 e. The minimum atomic E-state index is -3.89. The molecule has 0 saturated carbocycles. The second-order valence-corrected chi connectivity index (χ2v) is 10.0. The van der Waals surface area contributed by atoms with Crippen LogP contribution in [0.25, 0.3) is 0 Å². The van der Waals surface area contributed by atoms with E-state index in [1.165, 1.54) is 22.5 Å². The number of carbonyl (C=O) groups excluding carboxylic acids is 1. The van der Waals surface area contributed by atoms with E-state index in [1.807, 2.05) is 18.2 Å². The summed E-state index contributed by atoms with van der Waals surface area (Å²) in [6.07, 6.45) is 5.41. The third kappa shape index (κ3) is 5.24. The van der Waals surface area contributed by atoms with E-state index in [0.29, 0.717) is 12.2 Å². The number of hydrogen-bond acceptors (Lipinski definition) is 5. The molecule has 3 aromatic rings. The van der Waals surface area contributed by atoms with Crippen LogP contribution in [-0.4, -0.2) is 45.4 Å². The molecule has 7 nitrogen and oxygen atoms in total. The van der Waals surface area contributed by atoms with Gasteiger partial charge < -0.3 is 9.73 Å². The summed E-state index contributed by atoms with van der Waals surface area (Å²) in [5, 5.41) is 2.96. The van der Waals surface area contributed by atoms with Gasteiger partial charge in [0.1, 0.15) is 5.76 Å². The van der Waals surface area contributed by atoms with Crippen LogP contribution in [0, 0.1) is 0 Å². The van der Waals surface area contributed by atoms with E-state index < -0.39 is 10.0 Å². The molecule has 0 bridgehead atoms. The summed E-state index contributed by atoms with van der Waals surface area (Å²) in [6, 6.07) is 18.7. The lowest BCUT2D eigenvalue weighted by Crippen LogP contribution is -2.36. The molecule has 1 atom stereocenters. The van der Waals surface area contributed by atoms with Crippen LogP contribution in [-0.2, 0) is 10.0 Å². The van der Waals surface area contributed by atoms with Crippen LogP contribution in [0.2, 0.25) is 0 Å². The SMILES string of the molecule is C=CCN(c1ccccc1)S(=O)(=O)c1cccc(C(=O)NC[C@@H](c2ccco2)N2CCCC2)c1. The number of rotatable bonds is 10. The number of amides is 1. The van der Waals surface area contributed by atoms with Gasteiger partial charge in [0.2, 0.25) is 0 Å². The number of anilines is 1. The smallest absolute Gasteiger partial charge is 0.264 e. The molecule has 0 spiro atoms. The van der Waals surface area contributed by atoms with Crippen LogP contribution in [0.4, 0.5) is 5.69 Å². The van der Waals surface area contributed by atoms with Crippen molar-refractivity contribution < 1.29 is 17.6 Å². The van der Waals surface area contributed by atoms with Crippen molar-refractivity contribution in [3.8, 4) is 0 Å². The average molecular weight is 480 g/mol. The van der Waals surface area contributed by atoms with Crippen molar-refractivity contribution in [2.45, 2.75) is 23.8 Å². The maximum absolute atomic E-state index is 13.4. The molecule has 4 rings (SSSR count). The summed E-state index contributed by atoms with van der Waals surface area (Å²) in [7, 11) is -3.89. The highest BCUT2D eigenvalue weighted by atomic mass is 32.2. The quantitative estimate of drug-likeness (QED) is 0.440. The van der Waals surface area contributed by atoms with E-state index in [0.717, 1.165) is 31.7 Å². The van der Waals surface area contributed by atoms with Crippen molar-refractivity contribution in [2.24, 2.45) is 0 Å². The number of sulfonamides is 1. The lowest BCUT2D eigenvalue weighted by Gasteiger charge is -2.26. The number of benzene rings is 2. The molecule has 0 unspecified atom stereocenters. The third-order valence-electron chi connectivity index (χ3n) is 5.93. The third-order valence-corrected chi connectivity index (χ3v) is 7.72. The van der Waals surface area contributed by atoms with Crippen molar-refractivity contribution in [1.29, 1.82) is 0 Å². The van der Waals surface area contributed by atoms with Crippen LogP contribution in [0.15, 0.2) is 95.0 Å². The Balaban J connectivity index is 1.53. The van der Waals surface area contributed by atoms with Crippen molar-refractivity contribution in [1.82, 2.24) is 10.2 Å². The molecule has 1 amide bonds. The van der Waals surface area contributed by atoms with Crippen LogP contribution < -0.4 is 9.62 Å². The Morgan fingerprint density at radius 2 is 1.85 bits per heavy atom. The number of hydrogen-bond donors (Lipinski definition) is 1. The normalized spacial score (nSPS) is 15.1. The van der Waals surface area contributed by atoms with Gasteiger partial charge in [0, 0.05) is 12.1 Å². The number of furan rings is 1. The van der Waals surface area contributed by atoms with Crippen LogP contribution >= 0.6 is 0 Å². The minimum absolute atomic E-state index is 0.0491. The van der Waals surface area contributed by atoms with Gasteiger partial charge >= 0.3 is 0 Å². The van der Waals surface area contributed by atoms with Gasteiger partial charge in [-0.3, -0.25) is 14.0 Å². The molecule has 8 heteroatoms. The molecule has 34 heavy (non-hydrogen) atoms. The maximum atomic E-state index is 13.4. The summed E-state index contributed by atoms with van der Waals surface area (Å²) in [6.45, 7) is 6.08. The number of nitrogens with one attached hydrogen (secondary N) is 1. The Hall–Kier alpha value is -3.36. The standard InChI is InChI=1S/C26H29N3O4S/c1-2-15-29(22-11-4-3-5-12-22)34(31,32)23-13-8-10-21(19-23)26(30)27-20-24(25-14-9-18-33-25)28-16-6-7-17-28/h2-5,8-14,18-19,24H,1,6-7,15-17,20H2,(H,27,30)/t24-/m0/s1. The molecule has 2 aromatic carbocycles. The Labute approximate surface area is 200 Å². The highest BCUT2D eigenvalue weighted by molar-refractivity contribution is 7.92. The fourth-order valence-corrected chi connectivity index (χ4v) is 5.70. The highest BCUT2D eigenvalue weighted by Gasteiger charge is 2.27. The van der Waals surface area contributed by atoms with Crippen molar-refractivity contribution in [3.05, 3.63) is 97.0 Å². The summed E-state index contributed by atoms with van der Waals surface area (Å²) in [4.78, 5) is 15.3. The molecular formula is C26H29N3O4S. The average Bonchev–Trinajstić information content (AvgIpc) is 3.58. The van der Waals surface area contributed by atoms with Crippen LogP contribution in [0.5, 0.6) is 0 Å². The molecule has 178 valence electrons. The fraction of sp³-hybridized carbons (Fsp3) is 0.269. The van der Waals surface area contributed by atoms with Gasteiger partial charge in [-0.1, -0.05) is 30.3 Å². The van der Waals surface area contributed by atoms with Gasteiger partial charge in [-0.25, -0.2) is 8.42 Å². The minimum Gasteiger partial charge on any atom is -0.468 e. The Morgan fingerprint density at radius 1 is 1.09 bits per heavy atom. The lowest BCUT2D eigenvalue weighted by molar-refractivity contribution is 0.0933. The first-order valence-electron chi connectivity index (χ1n) is 11.3. The van der Waals surface area contributed by atoms with Gasteiger partial charge in [0.05, 0.1) is 29.4 Å². The number of nitrogens with zero attached hydrogens (tertiary/aromatic N) is 2. The van der Waals surface area contributed by atoms with Crippen LogP contribution in [0.3, 0.4) is 0 Å². The van der Waals surface area contributed by atoms with E-state index in [4.69, 9.17) is 4.42 Å². The maximum Gasteiger partial charge on any atom is 0.264 e. The molecule has 1 aromatic heterocycles. The summed E-state index contributed by atoms with van der Waals surface area (Å²) >= 11 is 0. The first kappa shape index (κ1) is 23.8. The number of likely N-dealkylation sites (tertiary alicyclic amines) is 1. The summed E-state index contributed by atoms with van der Waals surface area (Å²) in [5.41, 5.74) is 0.816. The van der Waals surface area contributed by atoms with Gasteiger partial charge in [0.15, 0.2) is 0 Å². The molecule has 1 aliphatic heterocycles. The lowest BCUT2D eigenvalue weighted by atomic mass is 10.1. The zero-order chi connectivity index (χ0) is 24.0. The molecule has 2 heterocycles. The molecule has 0 aliphatic carbocycles. The molecule has 1 fully saturated rings. The van der Waals surface area contributed by atoms with E-state index >= 15 is 0 Å². The number of carbonyl (C=O) groups is 1. The van der Waals surface area contributed by atoms with Gasteiger partial charge in [0.25, 0.3) is 15.9 Å². The molecular weight excluding hydrogens is 450 g/mol. The van der Waals surface area contributed by atoms with Crippen molar-refractivity contribution in [2.75, 3.05) is 30.5 Å².